The summed E-state index contributed by atoms with van der Waals surface area (Å²) in [7, 11) is 4.33. The lowest BCUT2D eigenvalue weighted by Gasteiger charge is -2.33. The summed E-state index contributed by atoms with van der Waals surface area (Å²) in [5.74, 6) is 0.900. The first-order chi connectivity index (χ1) is 13.6. The second-order valence-corrected chi connectivity index (χ2v) is 7.76. The zero-order valence-corrected chi connectivity index (χ0v) is 16.4. The lowest BCUT2D eigenvalue weighted by atomic mass is 9.90. The number of fused-ring (bicyclic) bond motifs is 1. The van der Waals surface area contributed by atoms with Crippen molar-refractivity contribution in [2.24, 2.45) is 0 Å². The Labute approximate surface area is 166 Å². The first-order valence-corrected chi connectivity index (χ1v) is 9.82. The highest BCUT2D eigenvalue weighted by atomic mass is 15.1. The number of benzene rings is 2. The summed E-state index contributed by atoms with van der Waals surface area (Å²) in [6.07, 6.45) is 6.35. The van der Waals surface area contributed by atoms with Gasteiger partial charge in [-0.25, -0.2) is 9.97 Å². The Hall–Kier alpha value is -2.97. The molecule has 0 radical (unpaired) electrons. The zero-order valence-electron chi connectivity index (χ0n) is 16.4. The maximum atomic E-state index is 9.18. The van der Waals surface area contributed by atoms with E-state index in [4.69, 9.17) is 0 Å². The van der Waals surface area contributed by atoms with Gasteiger partial charge in [0.15, 0.2) is 0 Å². The van der Waals surface area contributed by atoms with Crippen LogP contribution in [0.4, 0.5) is 5.82 Å². The van der Waals surface area contributed by atoms with Crippen LogP contribution in [0.15, 0.2) is 48.8 Å². The molecule has 0 bridgehead atoms. The van der Waals surface area contributed by atoms with E-state index >= 15 is 0 Å². The predicted molar refractivity (Wildman–Crippen MR) is 113 cm³/mol. The van der Waals surface area contributed by atoms with E-state index in [-0.39, 0.29) is 0 Å². The van der Waals surface area contributed by atoms with Gasteiger partial charge in [0.2, 0.25) is 0 Å². The summed E-state index contributed by atoms with van der Waals surface area (Å²) in [4.78, 5) is 11.3. The lowest BCUT2D eigenvalue weighted by Crippen LogP contribution is -2.36. The Bertz CT molecular complexity index is 1010. The van der Waals surface area contributed by atoms with Crippen LogP contribution in [0, 0.1) is 11.3 Å². The van der Waals surface area contributed by atoms with Crippen LogP contribution < -0.4 is 5.32 Å². The highest BCUT2D eigenvalue weighted by Crippen LogP contribution is 2.30. The Morgan fingerprint density at radius 1 is 1.00 bits per heavy atom. The van der Waals surface area contributed by atoms with Gasteiger partial charge in [0.05, 0.1) is 17.1 Å². The van der Waals surface area contributed by atoms with Crippen LogP contribution in [0.1, 0.15) is 31.2 Å². The van der Waals surface area contributed by atoms with Crippen LogP contribution in [0.5, 0.6) is 0 Å². The molecule has 4 rings (SSSR count). The Morgan fingerprint density at radius 3 is 2.54 bits per heavy atom. The van der Waals surface area contributed by atoms with Crippen molar-refractivity contribution in [1.29, 1.82) is 5.26 Å². The van der Waals surface area contributed by atoms with Gasteiger partial charge in [0, 0.05) is 17.5 Å². The number of hydrogen-bond donors (Lipinski definition) is 1. The second kappa shape index (κ2) is 7.95. The van der Waals surface area contributed by atoms with Crippen LogP contribution in [0.2, 0.25) is 0 Å². The van der Waals surface area contributed by atoms with Crippen molar-refractivity contribution in [3.05, 3.63) is 54.4 Å². The molecule has 0 atom stereocenters. The average molecular weight is 371 g/mol. The van der Waals surface area contributed by atoms with E-state index < -0.39 is 0 Å². The maximum absolute atomic E-state index is 9.18. The monoisotopic (exact) mass is 371 g/mol. The van der Waals surface area contributed by atoms with Crippen molar-refractivity contribution in [2.75, 3.05) is 19.4 Å². The van der Waals surface area contributed by atoms with Gasteiger partial charge < -0.3 is 10.2 Å². The molecule has 1 saturated carbocycles. The number of aromatic nitrogens is 2. The van der Waals surface area contributed by atoms with E-state index in [1.54, 1.807) is 6.33 Å². The number of nitrogens with zero attached hydrogens (tertiary/aromatic N) is 4. The third-order valence-electron chi connectivity index (χ3n) is 5.73. The molecule has 2 aromatic carbocycles. The molecule has 3 aromatic rings. The van der Waals surface area contributed by atoms with Crippen molar-refractivity contribution >= 4 is 16.7 Å². The zero-order chi connectivity index (χ0) is 19.5. The third kappa shape index (κ3) is 3.83. The summed E-state index contributed by atoms with van der Waals surface area (Å²) in [5.41, 5.74) is 3.69. The van der Waals surface area contributed by atoms with Gasteiger partial charge in [-0.1, -0.05) is 18.2 Å². The molecule has 142 valence electrons. The van der Waals surface area contributed by atoms with Crippen molar-refractivity contribution in [3.8, 4) is 17.2 Å². The largest absolute Gasteiger partial charge is 0.367 e. The van der Waals surface area contributed by atoms with Gasteiger partial charge in [-0.05, 0) is 75.2 Å². The lowest BCUT2D eigenvalue weighted by molar-refractivity contribution is 0.221. The molecule has 0 amide bonds. The van der Waals surface area contributed by atoms with Gasteiger partial charge in [-0.2, -0.15) is 5.26 Å². The van der Waals surface area contributed by atoms with Crippen molar-refractivity contribution in [3.63, 3.8) is 0 Å². The van der Waals surface area contributed by atoms with Crippen molar-refractivity contribution in [2.45, 2.75) is 37.8 Å². The van der Waals surface area contributed by atoms with E-state index in [2.05, 4.69) is 52.5 Å². The quantitative estimate of drug-likeness (QED) is 0.734. The van der Waals surface area contributed by atoms with E-state index in [1.165, 1.54) is 12.8 Å². The fourth-order valence-corrected chi connectivity index (χ4v) is 4.05. The first kappa shape index (κ1) is 18.4. The van der Waals surface area contributed by atoms with Crippen LogP contribution >= 0.6 is 0 Å². The molecule has 1 aliphatic carbocycles. The summed E-state index contributed by atoms with van der Waals surface area (Å²) in [5, 5.41) is 13.9. The van der Waals surface area contributed by atoms with E-state index in [0.717, 1.165) is 40.7 Å². The SMILES string of the molecule is CN(C)C1CCC(Nc2ncnc3ccc(-c4cccc(C#N)c4)cc23)CC1. The third-order valence-corrected chi connectivity index (χ3v) is 5.73. The minimum absolute atomic E-state index is 0.444. The molecule has 28 heavy (non-hydrogen) atoms. The van der Waals surface area contributed by atoms with Gasteiger partial charge in [0.25, 0.3) is 0 Å². The smallest absolute Gasteiger partial charge is 0.137 e. The van der Waals surface area contributed by atoms with Gasteiger partial charge in [0.1, 0.15) is 12.1 Å². The first-order valence-electron chi connectivity index (χ1n) is 9.82. The maximum Gasteiger partial charge on any atom is 0.137 e. The number of nitrogens with one attached hydrogen (secondary N) is 1. The fourth-order valence-electron chi connectivity index (χ4n) is 4.05. The summed E-state index contributed by atoms with van der Waals surface area (Å²) < 4.78 is 0. The molecule has 1 aliphatic rings. The molecular weight excluding hydrogens is 346 g/mol. The van der Waals surface area contributed by atoms with Crippen LogP contribution in [-0.4, -0.2) is 41.0 Å². The molecule has 5 heteroatoms. The average Bonchev–Trinajstić information content (AvgIpc) is 2.74. The van der Waals surface area contributed by atoms with Gasteiger partial charge in [-0.3, -0.25) is 0 Å². The molecule has 0 saturated heterocycles. The predicted octanol–water partition coefficient (Wildman–Crippen LogP) is 4.45. The number of rotatable bonds is 4. The molecule has 0 aliphatic heterocycles. The van der Waals surface area contributed by atoms with E-state index in [0.29, 0.717) is 17.6 Å². The van der Waals surface area contributed by atoms with Crippen LogP contribution in [-0.2, 0) is 0 Å². The van der Waals surface area contributed by atoms with E-state index in [1.807, 2.05) is 30.3 Å². The van der Waals surface area contributed by atoms with E-state index in [9.17, 15) is 5.26 Å². The summed E-state index contributed by atoms with van der Waals surface area (Å²) >= 11 is 0. The molecule has 1 heterocycles. The molecular formula is C23H25N5. The number of anilines is 1. The normalized spacial score (nSPS) is 19.5. The summed E-state index contributed by atoms with van der Waals surface area (Å²) in [6, 6.07) is 17.2. The minimum atomic E-state index is 0.444. The Kier molecular flexibility index (Phi) is 5.23. The molecule has 1 N–H and O–H groups in total. The van der Waals surface area contributed by atoms with Crippen molar-refractivity contribution in [1.82, 2.24) is 14.9 Å². The summed E-state index contributed by atoms with van der Waals surface area (Å²) in [6.45, 7) is 0. The minimum Gasteiger partial charge on any atom is -0.367 e. The second-order valence-electron chi connectivity index (χ2n) is 7.76. The topological polar surface area (TPSA) is 64.8 Å². The Morgan fingerprint density at radius 2 is 1.79 bits per heavy atom. The molecule has 1 fully saturated rings. The highest BCUT2D eigenvalue weighted by Gasteiger charge is 2.23. The fraction of sp³-hybridized carbons (Fsp3) is 0.348. The van der Waals surface area contributed by atoms with Gasteiger partial charge >= 0.3 is 0 Å². The standard InChI is InChI=1S/C23H25N5/c1-28(2)20-9-7-19(8-10-20)27-23-21-13-18(6-11-22(21)25-15-26-23)17-5-3-4-16(12-17)14-24/h3-6,11-13,15,19-20H,7-10H2,1-2H3,(H,25,26,27). The van der Waals surface area contributed by atoms with Crippen molar-refractivity contribution < 1.29 is 0 Å². The highest BCUT2D eigenvalue weighted by molar-refractivity contribution is 5.92. The number of nitriles is 1. The van der Waals surface area contributed by atoms with Gasteiger partial charge in [-0.15, -0.1) is 0 Å². The molecule has 1 aromatic heterocycles. The van der Waals surface area contributed by atoms with Crippen LogP contribution in [0.25, 0.3) is 22.0 Å². The Balaban J connectivity index is 1.61. The molecule has 0 unspecified atom stereocenters. The molecule has 0 spiro atoms. The number of hydrogen-bond acceptors (Lipinski definition) is 5. The van der Waals surface area contributed by atoms with Crippen LogP contribution in [0.3, 0.4) is 0 Å². The molecule has 5 nitrogen and oxygen atoms in total.